The molecule has 4 aromatic rings. The van der Waals surface area contributed by atoms with E-state index in [9.17, 15) is 18.8 Å². The van der Waals surface area contributed by atoms with Gasteiger partial charge in [0.15, 0.2) is 37.2 Å². The number of hydrogen-bond acceptors (Lipinski definition) is 18. The zero-order valence-electron chi connectivity index (χ0n) is 30.0. The number of nitrogens with one attached hydrogen (secondary N) is 1. The molecule has 2 aliphatic carbocycles. The molecule has 1 spiro atoms. The topological polar surface area (TPSA) is 291 Å². The molecule has 0 amide bonds. The lowest BCUT2D eigenvalue weighted by molar-refractivity contribution is -0.0639. The number of aromatic nitrogens is 9. The van der Waals surface area contributed by atoms with Crippen molar-refractivity contribution in [2.45, 2.75) is 88.1 Å². The van der Waals surface area contributed by atoms with Gasteiger partial charge in [-0.15, -0.1) is 5.10 Å². The molecule has 54 heavy (non-hydrogen) atoms. The van der Waals surface area contributed by atoms with Crippen LogP contribution in [0, 0.1) is 11.3 Å². The van der Waals surface area contributed by atoms with E-state index in [4.69, 9.17) is 43.5 Å². The molecule has 2 saturated heterocycles. The molecule has 6 heterocycles. The Morgan fingerprint density at radius 2 is 1.87 bits per heavy atom. The average Bonchev–Trinajstić information content (AvgIpc) is 3.37. The van der Waals surface area contributed by atoms with Crippen molar-refractivity contribution in [1.82, 2.24) is 44.5 Å². The minimum atomic E-state index is -4.99. The molecule has 26 heteroatoms. The van der Waals surface area contributed by atoms with Gasteiger partial charge in [0.25, 0.3) is 5.56 Å². The second-order valence-corrected chi connectivity index (χ2v) is 24.5. The Hall–Kier alpha value is -2.86. The molecule has 294 valence electrons. The summed E-state index contributed by atoms with van der Waals surface area (Å²) in [5.74, 6) is -0.369. The number of fused-ring (bicyclic) bond motifs is 4. The van der Waals surface area contributed by atoms with E-state index in [2.05, 4.69) is 81.3 Å². The number of phosphoric ester groups is 1. The molecule has 8 rings (SSSR count). The molecule has 2 aliphatic heterocycles. The van der Waals surface area contributed by atoms with Crippen molar-refractivity contribution in [3.63, 3.8) is 0 Å². The third-order valence-electron chi connectivity index (χ3n) is 11.3. The Morgan fingerprint density at radius 3 is 2.59 bits per heavy atom. The summed E-state index contributed by atoms with van der Waals surface area (Å²) in [7, 11) is -6.28. The van der Waals surface area contributed by atoms with E-state index in [1.807, 2.05) is 4.57 Å². The fourth-order valence-electron chi connectivity index (χ4n) is 7.57. The molecular weight excluding hydrogens is 788 g/mol. The summed E-state index contributed by atoms with van der Waals surface area (Å²) < 4.78 is 74.1. The number of hydrogen-bond donors (Lipinski definition) is 5. The fourth-order valence-corrected chi connectivity index (χ4v) is 11.4. The number of nitrogens with zero attached hydrogens (tertiary/aromatic N) is 8. The van der Waals surface area contributed by atoms with Crippen LogP contribution in [0.3, 0.4) is 0 Å². The van der Waals surface area contributed by atoms with Gasteiger partial charge in [-0.25, -0.2) is 24.1 Å². The van der Waals surface area contributed by atoms with Gasteiger partial charge in [-0.2, -0.15) is 9.67 Å². The summed E-state index contributed by atoms with van der Waals surface area (Å²) in [6.07, 6.45) is -3.56. The van der Waals surface area contributed by atoms with E-state index >= 15 is 0 Å². The number of thiol groups is 1. The van der Waals surface area contributed by atoms with Crippen LogP contribution in [0.4, 0.5) is 11.8 Å². The molecule has 4 fully saturated rings. The number of nitrogens with two attached hydrogens (primary N) is 2. The second kappa shape index (κ2) is 12.8. The van der Waals surface area contributed by atoms with Gasteiger partial charge in [0.2, 0.25) is 5.95 Å². The number of H-pyrrole nitrogens is 1. The summed E-state index contributed by atoms with van der Waals surface area (Å²) in [6.45, 7) is 5.27. The zero-order chi connectivity index (χ0) is 38.7. The molecule has 2 bridgehead atoms. The number of phosphoric acid groups is 1. The number of anilines is 2. The third kappa shape index (κ3) is 6.23. The SMILES string of the molecule is CO[C@H]1[C@H]2OP(=O)(O)OCC34C[C@@H]3[C@@H](n3cnc5c(N)ncnc53)C(O[Si](C)(C)C(C)(C)C)[C@@H]4OP(=O)(S)OC[C@H]1O[C@H]2n1nnc2c(=O)[nH]c(N)nc21. The normalized spacial score (nSPS) is 37.4. The fraction of sp³-hybridized carbons (Fsp3) is 0.679. The van der Waals surface area contributed by atoms with E-state index in [1.54, 1.807) is 6.33 Å². The number of ether oxygens (including phenoxy) is 2. The maximum Gasteiger partial charge on any atom is 0.472 e. The van der Waals surface area contributed by atoms with Crippen LogP contribution < -0.4 is 17.0 Å². The molecule has 6 N–H and O–H groups in total. The Morgan fingerprint density at radius 1 is 1.11 bits per heavy atom. The van der Waals surface area contributed by atoms with Crippen molar-refractivity contribution >= 4 is 69.3 Å². The molecule has 11 atom stereocenters. The highest BCUT2D eigenvalue weighted by molar-refractivity contribution is 8.44. The molecule has 4 aliphatic rings. The lowest BCUT2D eigenvalue weighted by Crippen LogP contribution is -2.50. The summed E-state index contributed by atoms with van der Waals surface area (Å²) in [4.78, 5) is 43.4. The lowest BCUT2D eigenvalue weighted by Gasteiger charge is -2.43. The van der Waals surface area contributed by atoms with Crippen LogP contribution >= 0.6 is 26.9 Å². The standard InChI is InChI=1S/C28H41N11O11P2SSi/c1-27(2,3)54(5,6)50-18-16(38-11-33-14-21(29)31-10-32-22(14)38)12-7-28(12)9-46-51(41,42)48-19-17(44-4)13(8-45-52(43,53)49-20(18)28)47-25(19)39-23-15(36-37-39)24(40)35-26(30)34-23/h10-13,16-20,25H,7-9H2,1-6H3,(H,41,42)(H,43,53)(H2,29,31,32)(H3,30,34,35,40)/t12-,13-,16-,17-,18?,19-,20+,25-,28?,52?/m1/s1. The van der Waals surface area contributed by atoms with Crippen LogP contribution in [0.15, 0.2) is 17.4 Å². The number of nitrogen functional groups attached to an aromatic ring is 2. The first-order valence-electron chi connectivity index (χ1n) is 17.0. The molecule has 22 nitrogen and oxygen atoms in total. The van der Waals surface area contributed by atoms with Crippen LogP contribution in [0.5, 0.6) is 0 Å². The van der Waals surface area contributed by atoms with Crippen molar-refractivity contribution in [3.05, 3.63) is 23.0 Å². The van der Waals surface area contributed by atoms with Crippen molar-refractivity contribution in [1.29, 1.82) is 0 Å². The molecule has 4 unspecified atom stereocenters. The maximum absolute atomic E-state index is 14.3. The predicted molar refractivity (Wildman–Crippen MR) is 195 cm³/mol. The average molecular weight is 830 g/mol. The van der Waals surface area contributed by atoms with Gasteiger partial charge >= 0.3 is 14.6 Å². The Kier molecular flexibility index (Phi) is 9.04. The second-order valence-electron chi connectivity index (χ2n) is 15.5. The smallest absolute Gasteiger partial charge is 0.409 e. The van der Waals surface area contributed by atoms with E-state index in [-0.39, 0.29) is 40.5 Å². The number of rotatable bonds is 5. The van der Waals surface area contributed by atoms with Gasteiger partial charge in [-0.1, -0.05) is 38.2 Å². The first-order chi connectivity index (χ1) is 25.3. The van der Waals surface area contributed by atoms with E-state index < -0.39 is 83.3 Å². The van der Waals surface area contributed by atoms with Crippen LogP contribution in [-0.4, -0.2) is 109 Å². The minimum Gasteiger partial charge on any atom is -0.409 e. The first kappa shape index (κ1) is 38.0. The van der Waals surface area contributed by atoms with Gasteiger partial charge in [-0.3, -0.25) is 27.9 Å². The Balaban J connectivity index is 1.20. The van der Waals surface area contributed by atoms with Gasteiger partial charge in [0.05, 0.1) is 31.7 Å². The van der Waals surface area contributed by atoms with Gasteiger partial charge < -0.3 is 34.8 Å². The van der Waals surface area contributed by atoms with Gasteiger partial charge in [0, 0.05) is 12.5 Å². The molecular formula is C28H41N11O11P2SSi. The summed E-state index contributed by atoms with van der Waals surface area (Å²) in [6, 6.07) is -0.530. The largest absolute Gasteiger partial charge is 0.472 e. The van der Waals surface area contributed by atoms with Crippen molar-refractivity contribution in [3.8, 4) is 0 Å². The van der Waals surface area contributed by atoms with E-state index in [0.717, 1.165) is 4.68 Å². The monoisotopic (exact) mass is 829 g/mol. The first-order valence-corrected chi connectivity index (χ1v) is 24.1. The summed E-state index contributed by atoms with van der Waals surface area (Å²) >= 11 is 4.42. The van der Waals surface area contributed by atoms with Crippen LogP contribution in [0.1, 0.15) is 39.5 Å². The number of aromatic amines is 1. The number of imidazole rings is 1. The highest BCUT2D eigenvalue weighted by atomic mass is 32.7. The molecule has 4 aromatic heterocycles. The zero-order valence-corrected chi connectivity index (χ0v) is 33.7. The van der Waals surface area contributed by atoms with Crippen LogP contribution in [0.25, 0.3) is 22.3 Å². The lowest BCUT2D eigenvalue weighted by atomic mass is 10.0. The minimum absolute atomic E-state index is 0.101. The van der Waals surface area contributed by atoms with E-state index in [0.29, 0.717) is 17.6 Å². The Bertz CT molecular complexity index is 2290. The van der Waals surface area contributed by atoms with Crippen molar-refractivity contribution < 1.29 is 46.0 Å². The van der Waals surface area contributed by atoms with E-state index in [1.165, 1.54) is 13.4 Å². The Labute approximate surface area is 313 Å². The molecule has 0 radical (unpaired) electrons. The maximum atomic E-state index is 14.3. The summed E-state index contributed by atoms with van der Waals surface area (Å²) in [5.41, 5.74) is 10.8. The van der Waals surface area contributed by atoms with Gasteiger partial charge in [0.1, 0.15) is 36.3 Å². The summed E-state index contributed by atoms with van der Waals surface area (Å²) in [5, 5.41) is 7.62. The highest BCUT2D eigenvalue weighted by Crippen LogP contribution is 2.74. The third-order valence-corrected chi connectivity index (χ3v) is 18.3. The van der Waals surface area contributed by atoms with Crippen LogP contribution in [-0.2, 0) is 41.1 Å². The van der Waals surface area contributed by atoms with Gasteiger partial charge in [-0.05, 0) is 30.5 Å². The number of methoxy groups -OCH3 is 1. The van der Waals surface area contributed by atoms with Crippen molar-refractivity contribution in [2.75, 3.05) is 31.8 Å². The predicted octanol–water partition coefficient (Wildman–Crippen LogP) is 2.34. The quantitative estimate of drug-likeness (QED) is 0.110. The molecule has 2 saturated carbocycles. The highest BCUT2D eigenvalue weighted by Gasteiger charge is 2.75. The molecule has 0 aromatic carbocycles. The van der Waals surface area contributed by atoms with Crippen molar-refractivity contribution in [2.24, 2.45) is 11.3 Å². The van der Waals surface area contributed by atoms with Crippen LogP contribution in [0.2, 0.25) is 18.1 Å².